The summed E-state index contributed by atoms with van der Waals surface area (Å²) in [4.78, 5) is 12.4. The first-order chi connectivity index (χ1) is 11.8. The molecule has 1 aliphatic carbocycles. The maximum absolute atomic E-state index is 12.4. The number of amides is 1. The number of nitrogens with zero attached hydrogens (tertiary/aromatic N) is 1. The van der Waals surface area contributed by atoms with Crippen LogP contribution in [0.5, 0.6) is 5.75 Å². The van der Waals surface area contributed by atoms with Crippen LogP contribution < -0.4 is 10.1 Å². The van der Waals surface area contributed by atoms with E-state index in [2.05, 4.69) is 21.6 Å². The number of H-pyrrole nitrogens is 1. The van der Waals surface area contributed by atoms with Crippen molar-refractivity contribution >= 4 is 5.91 Å². The average Bonchev–Trinajstić information content (AvgIpc) is 3.12. The molecule has 0 unspecified atom stereocenters. The molecule has 1 aromatic heterocycles. The maximum atomic E-state index is 12.4. The molecule has 2 N–H and O–H groups in total. The molecule has 5 nitrogen and oxygen atoms in total. The maximum Gasteiger partial charge on any atom is 0.255 e. The smallest absolute Gasteiger partial charge is 0.255 e. The second kappa shape index (κ2) is 7.81. The molecule has 1 amide bonds. The van der Waals surface area contributed by atoms with Crippen LogP contribution in [-0.2, 0) is 0 Å². The predicted octanol–water partition coefficient (Wildman–Crippen LogP) is 3.71. The van der Waals surface area contributed by atoms with Crippen LogP contribution in [0.15, 0.2) is 42.1 Å². The fourth-order valence-electron chi connectivity index (χ4n) is 3.00. The van der Waals surface area contributed by atoms with E-state index in [0.29, 0.717) is 12.1 Å². The number of ether oxygens (including phenoxy) is 1. The van der Waals surface area contributed by atoms with Crippen LogP contribution in [0.1, 0.15) is 42.5 Å². The van der Waals surface area contributed by atoms with Gasteiger partial charge in [-0.25, -0.2) is 0 Å². The highest BCUT2D eigenvalue weighted by atomic mass is 16.5. The minimum Gasteiger partial charge on any atom is -0.497 e. The Labute approximate surface area is 142 Å². The van der Waals surface area contributed by atoms with Crippen LogP contribution >= 0.6 is 0 Å². The number of allylic oxidation sites excluding steroid dienone is 1. The first kappa shape index (κ1) is 16.3. The molecule has 0 fully saturated rings. The topological polar surface area (TPSA) is 67.0 Å². The van der Waals surface area contributed by atoms with Gasteiger partial charge in [-0.2, -0.15) is 5.10 Å². The van der Waals surface area contributed by atoms with Gasteiger partial charge >= 0.3 is 0 Å². The van der Waals surface area contributed by atoms with Gasteiger partial charge in [0.25, 0.3) is 5.91 Å². The van der Waals surface area contributed by atoms with Crippen LogP contribution in [0.3, 0.4) is 0 Å². The van der Waals surface area contributed by atoms with Crippen LogP contribution in [-0.4, -0.2) is 29.8 Å². The van der Waals surface area contributed by atoms with Crippen molar-refractivity contribution in [3.05, 3.63) is 47.7 Å². The molecule has 2 aromatic rings. The standard InChI is InChI=1S/C19H23N3O2/c1-24-16-9-7-15(8-10-16)18-17(13-21-22-18)19(23)20-12-11-14-5-3-2-4-6-14/h5,7-10,13H,2-4,6,11-12H2,1H3,(H,20,23)(H,21,22). The van der Waals surface area contributed by atoms with E-state index < -0.39 is 0 Å². The SMILES string of the molecule is COc1ccc(-c2[nH]ncc2C(=O)NCCC2=CCCCC2)cc1. The molecule has 1 heterocycles. The molecule has 0 radical (unpaired) electrons. The lowest BCUT2D eigenvalue weighted by Gasteiger charge is -2.13. The van der Waals surface area contributed by atoms with Crippen molar-refractivity contribution in [2.45, 2.75) is 32.1 Å². The zero-order chi connectivity index (χ0) is 16.8. The number of hydrogen-bond acceptors (Lipinski definition) is 3. The Bertz CT molecular complexity index is 716. The fraction of sp³-hybridized carbons (Fsp3) is 0.368. The minimum atomic E-state index is -0.0917. The van der Waals surface area contributed by atoms with E-state index >= 15 is 0 Å². The van der Waals surface area contributed by atoms with Crippen LogP contribution in [0, 0.1) is 0 Å². The quantitative estimate of drug-likeness (QED) is 0.796. The summed E-state index contributed by atoms with van der Waals surface area (Å²) in [5.41, 5.74) is 3.67. The third-order valence-corrected chi connectivity index (χ3v) is 4.38. The van der Waals surface area contributed by atoms with Crippen LogP contribution in [0.25, 0.3) is 11.3 Å². The summed E-state index contributed by atoms with van der Waals surface area (Å²) in [7, 11) is 1.63. The molecule has 1 aliphatic rings. The van der Waals surface area contributed by atoms with Gasteiger partial charge in [0.1, 0.15) is 5.75 Å². The normalized spacial score (nSPS) is 14.1. The van der Waals surface area contributed by atoms with E-state index in [4.69, 9.17) is 4.74 Å². The number of nitrogens with one attached hydrogen (secondary N) is 2. The molecule has 5 heteroatoms. The summed E-state index contributed by atoms with van der Waals surface area (Å²) in [6.45, 7) is 0.665. The number of carbonyl (C=O) groups is 1. The summed E-state index contributed by atoms with van der Waals surface area (Å²) in [6.07, 6.45) is 9.72. The molecule has 0 saturated heterocycles. The van der Waals surface area contributed by atoms with Crippen molar-refractivity contribution in [3.63, 3.8) is 0 Å². The largest absolute Gasteiger partial charge is 0.497 e. The van der Waals surface area contributed by atoms with E-state index in [9.17, 15) is 4.79 Å². The summed E-state index contributed by atoms with van der Waals surface area (Å²) < 4.78 is 5.16. The van der Waals surface area contributed by atoms with E-state index in [1.54, 1.807) is 13.3 Å². The number of aromatic amines is 1. The van der Waals surface area contributed by atoms with Crippen molar-refractivity contribution in [1.82, 2.24) is 15.5 Å². The highest BCUT2D eigenvalue weighted by Gasteiger charge is 2.15. The molecule has 0 atom stereocenters. The number of methoxy groups -OCH3 is 1. The summed E-state index contributed by atoms with van der Waals surface area (Å²) in [5.74, 6) is 0.691. The molecule has 0 spiro atoms. The van der Waals surface area contributed by atoms with Crippen LogP contribution in [0.4, 0.5) is 0 Å². The molecule has 126 valence electrons. The Hall–Kier alpha value is -2.56. The third-order valence-electron chi connectivity index (χ3n) is 4.38. The molecular formula is C19H23N3O2. The predicted molar refractivity (Wildman–Crippen MR) is 94.1 cm³/mol. The zero-order valence-corrected chi connectivity index (χ0v) is 14.0. The second-order valence-corrected chi connectivity index (χ2v) is 6.00. The fourth-order valence-corrected chi connectivity index (χ4v) is 3.00. The molecule has 0 saturated carbocycles. The lowest BCUT2D eigenvalue weighted by molar-refractivity contribution is 0.0954. The van der Waals surface area contributed by atoms with Gasteiger partial charge in [0.15, 0.2) is 0 Å². The van der Waals surface area contributed by atoms with E-state index in [0.717, 1.165) is 23.4 Å². The molecular weight excluding hydrogens is 302 g/mol. The van der Waals surface area contributed by atoms with Crippen molar-refractivity contribution in [2.24, 2.45) is 0 Å². The van der Waals surface area contributed by atoms with Crippen molar-refractivity contribution < 1.29 is 9.53 Å². The first-order valence-corrected chi connectivity index (χ1v) is 8.42. The van der Waals surface area contributed by atoms with Crippen molar-refractivity contribution in [1.29, 1.82) is 0 Å². The molecule has 24 heavy (non-hydrogen) atoms. The zero-order valence-electron chi connectivity index (χ0n) is 14.0. The van der Waals surface area contributed by atoms with Gasteiger partial charge in [-0.3, -0.25) is 9.89 Å². The van der Waals surface area contributed by atoms with Gasteiger partial charge in [0, 0.05) is 12.1 Å². The lowest BCUT2D eigenvalue weighted by Crippen LogP contribution is -2.25. The number of carbonyl (C=O) groups excluding carboxylic acids is 1. The second-order valence-electron chi connectivity index (χ2n) is 6.00. The van der Waals surface area contributed by atoms with E-state index in [1.165, 1.54) is 31.3 Å². The summed E-state index contributed by atoms with van der Waals surface area (Å²) in [5, 5.41) is 9.95. The van der Waals surface area contributed by atoms with Crippen molar-refractivity contribution in [2.75, 3.05) is 13.7 Å². The Morgan fingerprint density at radius 2 is 2.12 bits per heavy atom. The molecule has 0 bridgehead atoms. The molecule has 0 aliphatic heterocycles. The van der Waals surface area contributed by atoms with Gasteiger partial charge in [0.2, 0.25) is 0 Å². The van der Waals surface area contributed by atoms with Gasteiger partial charge in [0.05, 0.1) is 24.6 Å². The highest BCUT2D eigenvalue weighted by molar-refractivity contribution is 5.99. The highest BCUT2D eigenvalue weighted by Crippen LogP contribution is 2.24. The van der Waals surface area contributed by atoms with Gasteiger partial charge in [-0.05, 0) is 56.4 Å². The van der Waals surface area contributed by atoms with Crippen molar-refractivity contribution in [3.8, 4) is 17.0 Å². The summed E-state index contributed by atoms with van der Waals surface area (Å²) in [6, 6.07) is 7.56. The van der Waals surface area contributed by atoms with Crippen LogP contribution in [0.2, 0.25) is 0 Å². The Kier molecular flexibility index (Phi) is 5.31. The summed E-state index contributed by atoms with van der Waals surface area (Å²) >= 11 is 0. The third kappa shape index (κ3) is 3.85. The number of rotatable bonds is 6. The molecule has 3 rings (SSSR count). The molecule has 1 aromatic carbocycles. The minimum absolute atomic E-state index is 0.0917. The lowest BCUT2D eigenvalue weighted by atomic mass is 9.97. The van der Waals surface area contributed by atoms with Gasteiger partial charge in [-0.15, -0.1) is 0 Å². The Morgan fingerprint density at radius 3 is 2.83 bits per heavy atom. The number of benzene rings is 1. The number of hydrogen-bond donors (Lipinski definition) is 2. The van der Waals surface area contributed by atoms with E-state index in [-0.39, 0.29) is 5.91 Å². The monoisotopic (exact) mass is 325 g/mol. The Balaban J connectivity index is 1.63. The average molecular weight is 325 g/mol. The first-order valence-electron chi connectivity index (χ1n) is 8.42. The number of aromatic nitrogens is 2. The van der Waals surface area contributed by atoms with Gasteiger partial charge in [-0.1, -0.05) is 11.6 Å². The van der Waals surface area contributed by atoms with Gasteiger partial charge < -0.3 is 10.1 Å². The van der Waals surface area contributed by atoms with E-state index in [1.807, 2.05) is 24.3 Å². The Morgan fingerprint density at radius 1 is 1.29 bits per heavy atom.